The highest BCUT2D eigenvalue weighted by Gasteiger charge is 2.39. The van der Waals surface area contributed by atoms with Crippen molar-refractivity contribution >= 4 is 46.4 Å². The van der Waals surface area contributed by atoms with Gasteiger partial charge in [-0.05, 0) is 36.8 Å². The van der Waals surface area contributed by atoms with Crippen LogP contribution in [-0.4, -0.2) is 18.9 Å². The molecule has 0 spiro atoms. The van der Waals surface area contributed by atoms with Crippen molar-refractivity contribution in [2.24, 2.45) is 0 Å². The number of imide groups is 1. The summed E-state index contributed by atoms with van der Waals surface area (Å²) in [6.07, 6.45) is 0. The van der Waals surface area contributed by atoms with Gasteiger partial charge in [-0.15, -0.1) is 0 Å². The number of carbonyl (C=O) groups excluding carboxylic acids is 2. The van der Waals surface area contributed by atoms with E-state index < -0.39 is 11.8 Å². The van der Waals surface area contributed by atoms with Crippen molar-refractivity contribution in [2.75, 3.05) is 17.3 Å². The van der Waals surface area contributed by atoms with Gasteiger partial charge in [-0.3, -0.25) is 9.59 Å². The summed E-state index contributed by atoms with van der Waals surface area (Å²) < 4.78 is 5.14. The lowest BCUT2D eigenvalue weighted by molar-refractivity contribution is -0.120. The topological polar surface area (TPSA) is 58.6 Å². The molecule has 0 aliphatic carbocycles. The number of nitrogens with one attached hydrogen (secondary N) is 1. The number of nitrogens with zero attached hydrogens (tertiary/aromatic N) is 1. The molecule has 1 aliphatic heterocycles. The van der Waals surface area contributed by atoms with Crippen LogP contribution in [0.3, 0.4) is 0 Å². The fourth-order valence-corrected chi connectivity index (χ4v) is 2.86. The second-order valence-corrected chi connectivity index (χ2v) is 6.16. The summed E-state index contributed by atoms with van der Waals surface area (Å²) in [5.74, 6) is -0.606. The van der Waals surface area contributed by atoms with Gasteiger partial charge in [0.2, 0.25) is 0 Å². The Bertz CT molecular complexity index is 909. The van der Waals surface area contributed by atoms with Crippen LogP contribution in [0, 0.1) is 6.92 Å². The van der Waals surface area contributed by atoms with E-state index in [-0.39, 0.29) is 10.7 Å². The van der Waals surface area contributed by atoms with E-state index in [9.17, 15) is 9.59 Å². The predicted octanol–water partition coefficient (Wildman–Crippen LogP) is 4.09. The Morgan fingerprint density at radius 1 is 1.04 bits per heavy atom. The van der Waals surface area contributed by atoms with Crippen LogP contribution in [0.5, 0.6) is 5.75 Å². The number of carbonyl (C=O) groups is 2. The number of methoxy groups -OCH3 is 1. The minimum atomic E-state index is -0.595. The number of halogens is 2. The van der Waals surface area contributed by atoms with E-state index in [0.717, 1.165) is 10.5 Å². The van der Waals surface area contributed by atoms with Gasteiger partial charge >= 0.3 is 0 Å². The molecule has 0 radical (unpaired) electrons. The first-order valence-electron chi connectivity index (χ1n) is 7.38. The Morgan fingerprint density at radius 2 is 1.76 bits per heavy atom. The largest absolute Gasteiger partial charge is 0.497 e. The molecule has 0 saturated carbocycles. The van der Waals surface area contributed by atoms with Crippen LogP contribution in [0.25, 0.3) is 0 Å². The molecule has 128 valence electrons. The molecule has 7 heteroatoms. The van der Waals surface area contributed by atoms with E-state index in [4.69, 9.17) is 27.9 Å². The fraction of sp³-hybridized carbons (Fsp3) is 0.111. The van der Waals surface area contributed by atoms with Gasteiger partial charge in [-0.1, -0.05) is 35.3 Å². The quantitative estimate of drug-likeness (QED) is 0.816. The van der Waals surface area contributed by atoms with E-state index in [2.05, 4.69) is 5.32 Å². The first-order valence-corrected chi connectivity index (χ1v) is 8.14. The molecule has 1 N–H and O–H groups in total. The minimum Gasteiger partial charge on any atom is -0.497 e. The lowest BCUT2D eigenvalue weighted by Gasteiger charge is -2.16. The van der Waals surface area contributed by atoms with Gasteiger partial charge in [-0.25, -0.2) is 4.90 Å². The van der Waals surface area contributed by atoms with Gasteiger partial charge in [-0.2, -0.15) is 0 Å². The van der Waals surface area contributed by atoms with Crippen molar-refractivity contribution in [1.29, 1.82) is 0 Å². The summed E-state index contributed by atoms with van der Waals surface area (Å²) in [5.41, 5.74) is 1.75. The molecule has 0 atom stereocenters. The second kappa shape index (κ2) is 6.78. The van der Waals surface area contributed by atoms with Gasteiger partial charge < -0.3 is 10.1 Å². The van der Waals surface area contributed by atoms with Gasteiger partial charge in [0.25, 0.3) is 11.8 Å². The Balaban J connectivity index is 1.95. The third-order valence-corrected chi connectivity index (χ3v) is 4.63. The fourth-order valence-electron chi connectivity index (χ4n) is 2.47. The van der Waals surface area contributed by atoms with Gasteiger partial charge in [0.05, 0.1) is 12.8 Å². The Labute approximate surface area is 154 Å². The summed E-state index contributed by atoms with van der Waals surface area (Å²) in [6.45, 7) is 1.81. The average Bonchev–Trinajstić information content (AvgIpc) is 2.82. The predicted molar refractivity (Wildman–Crippen MR) is 98.2 cm³/mol. The van der Waals surface area contributed by atoms with Crippen LogP contribution in [0.2, 0.25) is 5.02 Å². The number of benzene rings is 2. The standard InChI is InChI=1S/C18H14Cl2N2O3/c1-10-13(19)7-4-8-14(10)21-16-15(20)17(23)22(18(16)24)11-5-3-6-12(9-11)25-2/h3-9,21H,1-2H3. The lowest BCUT2D eigenvalue weighted by atomic mass is 10.2. The highest BCUT2D eigenvalue weighted by Crippen LogP contribution is 2.33. The molecule has 3 rings (SSSR count). The van der Waals surface area contributed by atoms with Crippen LogP contribution < -0.4 is 15.0 Å². The number of amides is 2. The lowest BCUT2D eigenvalue weighted by Crippen LogP contribution is -2.32. The number of hydrogen-bond acceptors (Lipinski definition) is 4. The van der Waals surface area contributed by atoms with Crippen molar-refractivity contribution < 1.29 is 14.3 Å². The summed E-state index contributed by atoms with van der Waals surface area (Å²) in [7, 11) is 1.51. The van der Waals surface area contributed by atoms with Crippen molar-refractivity contribution in [2.45, 2.75) is 6.92 Å². The van der Waals surface area contributed by atoms with Gasteiger partial charge in [0, 0.05) is 16.8 Å². The number of hydrogen-bond donors (Lipinski definition) is 1. The third-order valence-electron chi connectivity index (χ3n) is 3.87. The van der Waals surface area contributed by atoms with Crippen molar-refractivity contribution in [1.82, 2.24) is 0 Å². The van der Waals surface area contributed by atoms with Crippen LogP contribution in [0.15, 0.2) is 53.2 Å². The molecule has 0 saturated heterocycles. The molecule has 0 unspecified atom stereocenters. The third kappa shape index (κ3) is 3.08. The Hall–Kier alpha value is -2.50. The summed E-state index contributed by atoms with van der Waals surface area (Å²) in [5, 5.41) is 3.30. The smallest absolute Gasteiger partial charge is 0.283 e. The highest BCUT2D eigenvalue weighted by molar-refractivity contribution is 6.53. The first kappa shape index (κ1) is 17.3. The minimum absolute atomic E-state index is 0.0138. The van der Waals surface area contributed by atoms with Gasteiger partial charge in [0.1, 0.15) is 16.5 Å². The second-order valence-electron chi connectivity index (χ2n) is 5.37. The molecule has 5 nitrogen and oxygen atoms in total. The normalized spacial score (nSPS) is 14.3. The maximum atomic E-state index is 12.8. The van der Waals surface area contributed by atoms with Crippen LogP contribution in [0.4, 0.5) is 11.4 Å². The molecular formula is C18H14Cl2N2O3. The highest BCUT2D eigenvalue weighted by atomic mass is 35.5. The van der Waals surface area contributed by atoms with E-state index in [1.165, 1.54) is 7.11 Å². The molecule has 2 aromatic rings. The molecule has 0 fully saturated rings. The van der Waals surface area contributed by atoms with Crippen LogP contribution >= 0.6 is 23.2 Å². The number of ether oxygens (including phenoxy) is 1. The van der Waals surface area contributed by atoms with E-state index in [1.807, 2.05) is 0 Å². The zero-order valence-corrected chi connectivity index (χ0v) is 15.0. The van der Waals surface area contributed by atoms with Crippen molar-refractivity contribution in [3.8, 4) is 5.75 Å². The maximum Gasteiger partial charge on any atom is 0.283 e. The monoisotopic (exact) mass is 376 g/mol. The zero-order valence-electron chi connectivity index (χ0n) is 13.5. The van der Waals surface area contributed by atoms with E-state index in [1.54, 1.807) is 49.4 Å². The molecular weight excluding hydrogens is 363 g/mol. The van der Waals surface area contributed by atoms with E-state index in [0.29, 0.717) is 22.1 Å². The number of rotatable bonds is 4. The van der Waals surface area contributed by atoms with Crippen molar-refractivity contribution in [3.63, 3.8) is 0 Å². The summed E-state index contributed by atoms with van der Waals surface area (Å²) in [4.78, 5) is 26.2. The first-order chi connectivity index (χ1) is 11.9. The maximum absolute atomic E-state index is 12.8. The molecule has 0 aromatic heterocycles. The molecule has 1 heterocycles. The molecule has 2 aromatic carbocycles. The molecule has 0 bridgehead atoms. The molecule has 2 amide bonds. The van der Waals surface area contributed by atoms with Gasteiger partial charge in [0.15, 0.2) is 0 Å². The van der Waals surface area contributed by atoms with Crippen LogP contribution in [0.1, 0.15) is 5.56 Å². The SMILES string of the molecule is COc1cccc(N2C(=O)C(Cl)=C(Nc3cccc(Cl)c3C)C2=O)c1. The molecule has 1 aliphatic rings. The zero-order chi connectivity index (χ0) is 18.1. The van der Waals surface area contributed by atoms with E-state index >= 15 is 0 Å². The van der Waals surface area contributed by atoms with Crippen molar-refractivity contribution in [3.05, 3.63) is 63.8 Å². The average molecular weight is 377 g/mol. The Kier molecular flexibility index (Phi) is 4.70. The van der Waals surface area contributed by atoms with Crippen LogP contribution in [-0.2, 0) is 9.59 Å². The summed E-state index contributed by atoms with van der Waals surface area (Å²) in [6, 6.07) is 11.9. The summed E-state index contributed by atoms with van der Waals surface area (Å²) >= 11 is 12.2. The Morgan fingerprint density at radius 3 is 2.48 bits per heavy atom. The number of anilines is 2. The molecule has 25 heavy (non-hydrogen) atoms.